The molecular formula is C18H24ClN7. The number of nitrogen functional groups attached to an aromatic ring is 1. The summed E-state index contributed by atoms with van der Waals surface area (Å²) < 4.78 is 0. The molecule has 0 aromatic carbocycles. The molecule has 8 heteroatoms. The number of nitrogens with two attached hydrogens (primary N) is 1. The Labute approximate surface area is 158 Å². The van der Waals surface area contributed by atoms with Crippen molar-refractivity contribution in [2.45, 2.75) is 19.8 Å². The molecule has 1 fully saturated rings. The SMILES string of the molecule is CNCC1(C)CCN(c2cnc(C(=N)c3ccncc3Cl)c(N)n2)CC1. The first-order valence-corrected chi connectivity index (χ1v) is 9.02. The molecule has 0 atom stereocenters. The summed E-state index contributed by atoms with van der Waals surface area (Å²) in [5, 5.41) is 12.0. The van der Waals surface area contributed by atoms with E-state index in [2.05, 4.69) is 32.1 Å². The first kappa shape index (κ1) is 18.5. The van der Waals surface area contributed by atoms with Gasteiger partial charge < -0.3 is 16.0 Å². The summed E-state index contributed by atoms with van der Waals surface area (Å²) in [7, 11) is 1.99. The number of aromatic nitrogens is 3. The van der Waals surface area contributed by atoms with Gasteiger partial charge in [-0.15, -0.1) is 0 Å². The molecule has 1 aliphatic heterocycles. The van der Waals surface area contributed by atoms with Crippen LogP contribution in [0, 0.1) is 10.8 Å². The molecule has 3 heterocycles. The van der Waals surface area contributed by atoms with Crippen molar-refractivity contribution in [3.8, 4) is 0 Å². The van der Waals surface area contributed by atoms with E-state index in [9.17, 15) is 0 Å². The van der Waals surface area contributed by atoms with Crippen LogP contribution in [-0.4, -0.2) is 47.3 Å². The quantitative estimate of drug-likeness (QED) is 0.695. The fourth-order valence-corrected chi connectivity index (χ4v) is 3.54. The Hall–Kier alpha value is -2.25. The lowest BCUT2D eigenvalue weighted by molar-refractivity contribution is 0.242. The molecule has 1 aliphatic rings. The monoisotopic (exact) mass is 373 g/mol. The van der Waals surface area contributed by atoms with Crippen molar-refractivity contribution >= 4 is 28.9 Å². The number of rotatable bonds is 5. The lowest BCUT2D eigenvalue weighted by Gasteiger charge is -2.39. The predicted octanol–water partition coefficient (Wildman–Crippen LogP) is 2.35. The first-order valence-electron chi connectivity index (χ1n) is 8.64. The second-order valence-electron chi connectivity index (χ2n) is 7.02. The van der Waals surface area contributed by atoms with Crippen LogP contribution < -0.4 is 16.0 Å². The molecule has 26 heavy (non-hydrogen) atoms. The molecule has 7 nitrogen and oxygen atoms in total. The minimum absolute atomic E-state index is 0.147. The van der Waals surface area contributed by atoms with E-state index in [1.54, 1.807) is 18.5 Å². The molecule has 0 saturated carbocycles. The standard InChI is InChI=1S/C18H24ClN7/c1-18(11-22-2)4-7-26(8-5-18)14-10-24-16(17(21)25-14)15(20)12-3-6-23-9-13(12)19/h3,6,9-10,20,22H,4-5,7-8,11H2,1-2H3,(H2,21,25). The molecule has 1 saturated heterocycles. The number of anilines is 2. The Morgan fingerprint density at radius 2 is 2.12 bits per heavy atom. The Kier molecular flexibility index (Phi) is 5.38. The topological polar surface area (TPSA) is 104 Å². The summed E-state index contributed by atoms with van der Waals surface area (Å²) in [6.07, 6.45) is 6.94. The molecule has 2 aromatic rings. The summed E-state index contributed by atoms with van der Waals surface area (Å²) in [5.41, 5.74) is 7.44. The zero-order valence-corrected chi connectivity index (χ0v) is 15.8. The summed E-state index contributed by atoms with van der Waals surface area (Å²) >= 11 is 6.12. The van der Waals surface area contributed by atoms with E-state index in [-0.39, 0.29) is 11.5 Å². The van der Waals surface area contributed by atoms with Crippen LogP contribution >= 0.6 is 11.6 Å². The first-order chi connectivity index (χ1) is 12.4. The second kappa shape index (κ2) is 7.55. The Morgan fingerprint density at radius 3 is 2.73 bits per heavy atom. The normalized spacial score (nSPS) is 16.5. The number of hydrogen-bond acceptors (Lipinski definition) is 7. The maximum Gasteiger partial charge on any atom is 0.154 e. The van der Waals surface area contributed by atoms with Gasteiger partial charge in [0.1, 0.15) is 11.5 Å². The number of hydrogen-bond donors (Lipinski definition) is 3. The lowest BCUT2D eigenvalue weighted by Crippen LogP contribution is -2.43. The minimum atomic E-state index is 0.147. The maximum atomic E-state index is 8.35. The van der Waals surface area contributed by atoms with Gasteiger partial charge >= 0.3 is 0 Å². The van der Waals surface area contributed by atoms with Crippen LogP contribution in [0.15, 0.2) is 24.7 Å². The third-order valence-electron chi connectivity index (χ3n) is 4.96. The summed E-state index contributed by atoms with van der Waals surface area (Å²) in [6, 6.07) is 1.67. The van der Waals surface area contributed by atoms with Gasteiger partial charge in [0.05, 0.1) is 16.9 Å². The molecule has 0 amide bonds. The van der Waals surface area contributed by atoms with Crippen LogP contribution in [0.3, 0.4) is 0 Å². The molecule has 0 unspecified atom stereocenters. The van der Waals surface area contributed by atoms with Gasteiger partial charge in [-0.05, 0) is 31.4 Å². The molecule has 0 spiro atoms. The number of nitrogens with zero attached hydrogens (tertiary/aromatic N) is 4. The lowest BCUT2D eigenvalue weighted by atomic mass is 9.80. The molecule has 4 N–H and O–H groups in total. The molecule has 138 valence electrons. The second-order valence-corrected chi connectivity index (χ2v) is 7.43. The highest BCUT2D eigenvalue weighted by atomic mass is 35.5. The molecule has 2 aromatic heterocycles. The van der Waals surface area contributed by atoms with Crippen molar-refractivity contribution in [1.82, 2.24) is 20.3 Å². The van der Waals surface area contributed by atoms with E-state index in [1.165, 1.54) is 6.20 Å². The number of piperidine rings is 1. The van der Waals surface area contributed by atoms with Crippen LogP contribution in [-0.2, 0) is 0 Å². The third-order valence-corrected chi connectivity index (χ3v) is 5.26. The smallest absolute Gasteiger partial charge is 0.154 e. The van der Waals surface area contributed by atoms with Crippen LogP contribution in [0.2, 0.25) is 5.02 Å². The van der Waals surface area contributed by atoms with Gasteiger partial charge in [-0.2, -0.15) is 0 Å². The summed E-state index contributed by atoms with van der Waals surface area (Å²) in [4.78, 5) is 15.0. The third kappa shape index (κ3) is 3.78. The van der Waals surface area contributed by atoms with Gasteiger partial charge in [0, 0.05) is 37.6 Å². The zero-order valence-electron chi connectivity index (χ0n) is 15.1. The number of pyridine rings is 1. The largest absolute Gasteiger partial charge is 0.382 e. The predicted molar refractivity (Wildman–Crippen MR) is 105 cm³/mol. The van der Waals surface area contributed by atoms with E-state index >= 15 is 0 Å². The molecule has 3 rings (SSSR count). The number of halogens is 1. The maximum absolute atomic E-state index is 8.35. The van der Waals surface area contributed by atoms with Crippen molar-refractivity contribution in [3.63, 3.8) is 0 Å². The molecule has 0 bridgehead atoms. The average molecular weight is 374 g/mol. The Balaban J connectivity index is 1.77. The van der Waals surface area contributed by atoms with E-state index in [0.29, 0.717) is 21.7 Å². The molecule has 0 radical (unpaired) electrons. The van der Waals surface area contributed by atoms with Crippen molar-refractivity contribution in [3.05, 3.63) is 40.9 Å². The minimum Gasteiger partial charge on any atom is -0.382 e. The fraction of sp³-hybridized carbons (Fsp3) is 0.444. The van der Waals surface area contributed by atoms with E-state index < -0.39 is 0 Å². The highest BCUT2D eigenvalue weighted by Crippen LogP contribution is 2.32. The van der Waals surface area contributed by atoms with Gasteiger partial charge in [0.15, 0.2) is 5.82 Å². The zero-order chi connectivity index (χ0) is 18.7. The average Bonchev–Trinajstić information content (AvgIpc) is 2.62. The Bertz CT molecular complexity index is 800. The van der Waals surface area contributed by atoms with E-state index in [4.69, 9.17) is 22.7 Å². The van der Waals surface area contributed by atoms with Crippen LogP contribution in [0.25, 0.3) is 0 Å². The van der Waals surface area contributed by atoms with Crippen LogP contribution in [0.5, 0.6) is 0 Å². The number of nitrogens with one attached hydrogen (secondary N) is 2. The van der Waals surface area contributed by atoms with Crippen molar-refractivity contribution in [2.24, 2.45) is 5.41 Å². The molecule has 0 aliphatic carbocycles. The fourth-order valence-electron chi connectivity index (χ4n) is 3.32. The van der Waals surface area contributed by atoms with Crippen molar-refractivity contribution in [2.75, 3.05) is 37.3 Å². The Morgan fingerprint density at radius 1 is 1.38 bits per heavy atom. The summed E-state index contributed by atoms with van der Waals surface area (Å²) in [6.45, 7) is 5.15. The highest BCUT2D eigenvalue weighted by Gasteiger charge is 2.30. The van der Waals surface area contributed by atoms with E-state index in [1.807, 2.05) is 7.05 Å². The molecular weight excluding hydrogens is 350 g/mol. The summed E-state index contributed by atoms with van der Waals surface area (Å²) in [5.74, 6) is 0.996. The highest BCUT2D eigenvalue weighted by molar-refractivity contribution is 6.35. The van der Waals surface area contributed by atoms with Gasteiger partial charge in [-0.1, -0.05) is 18.5 Å². The van der Waals surface area contributed by atoms with Gasteiger partial charge in [-0.25, -0.2) is 9.97 Å². The van der Waals surface area contributed by atoms with Crippen molar-refractivity contribution < 1.29 is 0 Å². The van der Waals surface area contributed by atoms with Crippen LogP contribution in [0.1, 0.15) is 31.0 Å². The van der Waals surface area contributed by atoms with Gasteiger partial charge in [0.25, 0.3) is 0 Å². The van der Waals surface area contributed by atoms with E-state index in [0.717, 1.165) is 38.3 Å². The van der Waals surface area contributed by atoms with Gasteiger partial charge in [-0.3, -0.25) is 10.4 Å². The van der Waals surface area contributed by atoms with Gasteiger partial charge in [0.2, 0.25) is 0 Å². The van der Waals surface area contributed by atoms with Crippen LogP contribution in [0.4, 0.5) is 11.6 Å². The van der Waals surface area contributed by atoms with Crippen molar-refractivity contribution in [1.29, 1.82) is 5.41 Å².